The van der Waals surface area contributed by atoms with Gasteiger partial charge in [-0.3, -0.25) is 4.79 Å². The van der Waals surface area contributed by atoms with E-state index >= 15 is 0 Å². The average molecular weight is 306 g/mol. The molecule has 0 aromatic carbocycles. The molecule has 4 nitrogen and oxygen atoms in total. The zero-order chi connectivity index (χ0) is 14.8. The molecule has 0 saturated heterocycles. The van der Waals surface area contributed by atoms with Gasteiger partial charge in [-0.2, -0.15) is 13.2 Å². The van der Waals surface area contributed by atoms with E-state index in [0.717, 1.165) is 6.42 Å². The van der Waals surface area contributed by atoms with Gasteiger partial charge in [0.15, 0.2) is 0 Å². The fourth-order valence-electron chi connectivity index (χ4n) is 2.07. The highest BCUT2D eigenvalue weighted by Crippen LogP contribution is 2.35. The summed E-state index contributed by atoms with van der Waals surface area (Å²) >= 11 is -0.365. The number of rotatable bonds is 3. The van der Waals surface area contributed by atoms with Gasteiger partial charge in [0.25, 0.3) is 5.91 Å². The van der Waals surface area contributed by atoms with Crippen molar-refractivity contribution in [1.82, 2.24) is 10.3 Å². The van der Waals surface area contributed by atoms with Gasteiger partial charge >= 0.3 is 5.51 Å². The Kier molecular flexibility index (Phi) is 4.54. The Morgan fingerprint density at radius 1 is 1.40 bits per heavy atom. The fourth-order valence-corrected chi connectivity index (χ4v) is 2.60. The Labute approximate surface area is 117 Å². The third-order valence-corrected chi connectivity index (χ3v) is 3.64. The number of nitrogens with one attached hydrogen (secondary N) is 1. The molecule has 20 heavy (non-hydrogen) atoms. The minimum Gasteiger partial charge on any atom is -0.391 e. The van der Waals surface area contributed by atoms with Crippen LogP contribution < -0.4 is 5.32 Å². The normalized spacial score (nSPS) is 22.8. The van der Waals surface area contributed by atoms with Crippen molar-refractivity contribution in [1.29, 1.82) is 0 Å². The van der Waals surface area contributed by atoms with E-state index in [4.69, 9.17) is 0 Å². The quantitative estimate of drug-likeness (QED) is 0.842. The van der Waals surface area contributed by atoms with Crippen LogP contribution in [-0.2, 0) is 0 Å². The smallest absolute Gasteiger partial charge is 0.391 e. The third-order valence-electron chi connectivity index (χ3n) is 2.97. The van der Waals surface area contributed by atoms with Gasteiger partial charge in [0, 0.05) is 11.8 Å². The topological polar surface area (TPSA) is 62.2 Å². The van der Waals surface area contributed by atoms with Gasteiger partial charge in [0.05, 0.1) is 12.1 Å². The number of halogens is 3. The standard InChI is InChI=1S/C12H13F3N2O2S/c13-12(14,15)20-10-6-2-4-8(16-10)11(19)17-7-3-1-5-9(7)18/h2,4,6-7,9,18H,1,3,5H2,(H,17,19)/t7-,9-/m1/s1. The molecule has 1 aromatic heterocycles. The highest BCUT2D eigenvalue weighted by atomic mass is 32.2. The first-order valence-electron chi connectivity index (χ1n) is 6.07. The minimum absolute atomic E-state index is 0.0849. The van der Waals surface area contributed by atoms with Crippen molar-refractivity contribution in [2.45, 2.75) is 41.9 Å². The van der Waals surface area contributed by atoms with Crippen molar-refractivity contribution in [2.75, 3.05) is 0 Å². The number of amides is 1. The molecule has 1 saturated carbocycles. The van der Waals surface area contributed by atoms with Gasteiger partial charge in [-0.05, 0) is 31.4 Å². The number of carbonyl (C=O) groups is 1. The largest absolute Gasteiger partial charge is 0.447 e. The molecular weight excluding hydrogens is 293 g/mol. The number of hydrogen-bond acceptors (Lipinski definition) is 4. The Hall–Kier alpha value is -1.28. The molecule has 1 aliphatic rings. The van der Waals surface area contributed by atoms with Crippen LogP contribution in [0.25, 0.3) is 0 Å². The van der Waals surface area contributed by atoms with Gasteiger partial charge in [-0.1, -0.05) is 6.07 Å². The Morgan fingerprint density at radius 2 is 2.15 bits per heavy atom. The molecule has 110 valence electrons. The van der Waals surface area contributed by atoms with Crippen molar-refractivity contribution in [3.8, 4) is 0 Å². The summed E-state index contributed by atoms with van der Waals surface area (Å²) in [7, 11) is 0. The number of aliphatic hydroxyl groups excluding tert-OH is 1. The second kappa shape index (κ2) is 6.01. The minimum atomic E-state index is -4.44. The Morgan fingerprint density at radius 3 is 2.75 bits per heavy atom. The fraction of sp³-hybridized carbons (Fsp3) is 0.500. The van der Waals surface area contributed by atoms with Crippen LogP contribution in [0.1, 0.15) is 29.8 Å². The van der Waals surface area contributed by atoms with Crippen molar-refractivity contribution < 1.29 is 23.1 Å². The van der Waals surface area contributed by atoms with Gasteiger partial charge in [-0.15, -0.1) is 0 Å². The molecule has 1 amide bonds. The highest BCUT2D eigenvalue weighted by molar-refractivity contribution is 8.00. The summed E-state index contributed by atoms with van der Waals surface area (Å²) in [5.74, 6) is -0.569. The van der Waals surface area contributed by atoms with Crippen LogP contribution in [0.15, 0.2) is 23.2 Å². The first kappa shape index (κ1) is 15.1. The molecule has 0 spiro atoms. The number of pyridine rings is 1. The van der Waals surface area contributed by atoms with Gasteiger partial charge < -0.3 is 10.4 Å². The van der Waals surface area contributed by atoms with Gasteiger partial charge in [0.1, 0.15) is 10.7 Å². The van der Waals surface area contributed by atoms with Crippen LogP contribution in [0.3, 0.4) is 0 Å². The second-order valence-electron chi connectivity index (χ2n) is 4.49. The number of hydrogen-bond donors (Lipinski definition) is 2. The maximum atomic E-state index is 12.2. The predicted molar refractivity (Wildman–Crippen MR) is 67.3 cm³/mol. The summed E-state index contributed by atoms with van der Waals surface area (Å²) in [6.45, 7) is 0. The van der Waals surface area contributed by atoms with Crippen LogP contribution in [0.2, 0.25) is 0 Å². The predicted octanol–water partition coefficient (Wildman–Crippen LogP) is 2.34. The van der Waals surface area contributed by atoms with E-state index in [1.807, 2.05) is 0 Å². The molecule has 0 radical (unpaired) electrons. The lowest BCUT2D eigenvalue weighted by Gasteiger charge is -2.16. The third kappa shape index (κ3) is 4.11. The van der Waals surface area contributed by atoms with Crippen LogP contribution >= 0.6 is 11.8 Å². The number of carbonyl (C=O) groups excluding carboxylic acids is 1. The Balaban J connectivity index is 2.04. The van der Waals surface area contributed by atoms with Crippen LogP contribution in [0, 0.1) is 0 Å². The van der Waals surface area contributed by atoms with Crippen molar-refractivity contribution in [3.05, 3.63) is 23.9 Å². The molecule has 2 rings (SSSR count). The summed E-state index contributed by atoms with van der Waals surface area (Å²) in [6, 6.07) is 3.53. The van der Waals surface area contributed by atoms with E-state index in [1.54, 1.807) is 0 Å². The number of aliphatic hydroxyl groups is 1. The Bertz CT molecular complexity index is 496. The van der Waals surface area contributed by atoms with E-state index in [0.29, 0.717) is 12.8 Å². The number of alkyl halides is 3. The van der Waals surface area contributed by atoms with Gasteiger partial charge in [0.2, 0.25) is 0 Å². The SMILES string of the molecule is O=C(N[C@@H]1CCC[C@H]1O)c1cccc(SC(F)(F)F)n1. The number of thioether (sulfide) groups is 1. The van der Waals surface area contributed by atoms with Crippen LogP contribution in [0.4, 0.5) is 13.2 Å². The van der Waals surface area contributed by atoms with E-state index in [-0.39, 0.29) is 28.5 Å². The highest BCUT2D eigenvalue weighted by Gasteiger charge is 2.31. The molecule has 8 heteroatoms. The van der Waals surface area contributed by atoms with Crippen LogP contribution in [0.5, 0.6) is 0 Å². The average Bonchev–Trinajstić information content (AvgIpc) is 2.73. The maximum absolute atomic E-state index is 12.2. The summed E-state index contributed by atoms with van der Waals surface area (Å²) in [5, 5.41) is 11.9. The summed E-state index contributed by atoms with van der Waals surface area (Å²) in [5.41, 5.74) is -4.53. The van der Waals surface area contributed by atoms with E-state index in [1.165, 1.54) is 18.2 Å². The lowest BCUT2D eigenvalue weighted by molar-refractivity contribution is -0.0329. The summed E-state index contributed by atoms with van der Waals surface area (Å²) < 4.78 is 36.7. The second-order valence-corrected chi connectivity index (χ2v) is 5.57. The first-order valence-corrected chi connectivity index (χ1v) is 6.88. The lowest BCUT2D eigenvalue weighted by Crippen LogP contribution is -2.40. The molecule has 1 fully saturated rings. The molecule has 2 atom stereocenters. The molecule has 0 unspecified atom stereocenters. The van der Waals surface area contributed by atoms with Crippen molar-refractivity contribution in [2.24, 2.45) is 0 Å². The van der Waals surface area contributed by atoms with E-state index in [9.17, 15) is 23.1 Å². The molecule has 0 bridgehead atoms. The van der Waals surface area contributed by atoms with Crippen LogP contribution in [-0.4, -0.2) is 33.7 Å². The maximum Gasteiger partial charge on any atom is 0.447 e. The molecule has 1 aromatic rings. The molecular formula is C12H13F3N2O2S. The number of aromatic nitrogens is 1. The summed E-state index contributed by atoms with van der Waals surface area (Å²) in [6.07, 6.45) is 1.47. The zero-order valence-corrected chi connectivity index (χ0v) is 11.2. The number of nitrogens with zero attached hydrogens (tertiary/aromatic N) is 1. The monoisotopic (exact) mass is 306 g/mol. The molecule has 1 heterocycles. The van der Waals surface area contributed by atoms with Crippen molar-refractivity contribution >= 4 is 17.7 Å². The molecule has 2 N–H and O–H groups in total. The molecule has 0 aliphatic heterocycles. The molecule has 1 aliphatic carbocycles. The van der Waals surface area contributed by atoms with Gasteiger partial charge in [-0.25, -0.2) is 4.98 Å². The summed E-state index contributed by atoms with van der Waals surface area (Å²) in [4.78, 5) is 15.6. The zero-order valence-electron chi connectivity index (χ0n) is 10.4. The van der Waals surface area contributed by atoms with E-state index < -0.39 is 17.5 Å². The van der Waals surface area contributed by atoms with Crippen molar-refractivity contribution in [3.63, 3.8) is 0 Å². The lowest BCUT2D eigenvalue weighted by atomic mass is 10.2. The first-order chi connectivity index (χ1) is 9.35. The van der Waals surface area contributed by atoms with E-state index in [2.05, 4.69) is 10.3 Å².